The molecule has 22 heavy (non-hydrogen) atoms. The largest absolute Gasteiger partial charge is 0.412 e. The van der Waals surface area contributed by atoms with Crippen LogP contribution in [0.25, 0.3) is 0 Å². The number of nitrogens with zero attached hydrogens (tertiary/aromatic N) is 3. The molecule has 0 aliphatic carbocycles. The third kappa shape index (κ3) is 3.57. The second kappa shape index (κ2) is 6.08. The Bertz CT molecular complexity index is 674. The van der Waals surface area contributed by atoms with Crippen molar-refractivity contribution in [3.63, 3.8) is 0 Å². The number of rotatable bonds is 3. The lowest BCUT2D eigenvalue weighted by molar-refractivity contribution is -0.155. The normalized spacial score (nSPS) is 12.8. The second-order valence-electron chi connectivity index (χ2n) is 4.65. The van der Waals surface area contributed by atoms with Crippen LogP contribution in [0, 0.1) is 13.8 Å². The molecule has 5 nitrogen and oxygen atoms in total. The predicted octanol–water partition coefficient (Wildman–Crippen LogP) is 2.52. The van der Waals surface area contributed by atoms with Crippen LogP contribution in [-0.2, 0) is 0 Å². The zero-order valence-corrected chi connectivity index (χ0v) is 11.8. The summed E-state index contributed by atoms with van der Waals surface area (Å²) in [6.07, 6.45) is -1.00. The molecule has 0 aliphatic heterocycles. The summed E-state index contributed by atoms with van der Waals surface area (Å²) in [5.74, 6) is -0.447. The smallest absolute Gasteiger partial charge is 0.337 e. The molecule has 0 aliphatic rings. The molecule has 2 heterocycles. The van der Waals surface area contributed by atoms with Crippen LogP contribution in [0.4, 0.5) is 13.2 Å². The van der Waals surface area contributed by atoms with E-state index in [1.54, 1.807) is 6.92 Å². The van der Waals surface area contributed by atoms with E-state index >= 15 is 0 Å². The minimum absolute atomic E-state index is 0.00346. The van der Waals surface area contributed by atoms with Crippen LogP contribution in [0.1, 0.15) is 33.5 Å². The number of aromatic nitrogens is 3. The highest BCUT2D eigenvalue weighted by Gasteiger charge is 2.42. The fraction of sp³-hybridized carbons (Fsp3) is 0.286. The van der Waals surface area contributed by atoms with Gasteiger partial charge in [0.1, 0.15) is 5.82 Å². The number of carbonyl (C=O) groups excluding carboxylic acids is 1. The van der Waals surface area contributed by atoms with Crippen LogP contribution in [-0.4, -0.2) is 27.0 Å². The van der Waals surface area contributed by atoms with Crippen molar-refractivity contribution >= 4 is 5.91 Å². The first kappa shape index (κ1) is 15.9. The van der Waals surface area contributed by atoms with Gasteiger partial charge in [0, 0.05) is 24.2 Å². The van der Waals surface area contributed by atoms with E-state index < -0.39 is 18.1 Å². The van der Waals surface area contributed by atoms with E-state index in [1.165, 1.54) is 31.5 Å². The van der Waals surface area contributed by atoms with Gasteiger partial charge in [0.25, 0.3) is 5.91 Å². The third-order valence-corrected chi connectivity index (χ3v) is 2.96. The monoisotopic (exact) mass is 310 g/mol. The van der Waals surface area contributed by atoms with Crippen molar-refractivity contribution in [2.75, 3.05) is 0 Å². The number of aryl methyl sites for hydroxylation is 2. The van der Waals surface area contributed by atoms with E-state index in [0.717, 1.165) is 6.20 Å². The van der Waals surface area contributed by atoms with Gasteiger partial charge in [-0.15, -0.1) is 0 Å². The fourth-order valence-electron chi connectivity index (χ4n) is 1.92. The van der Waals surface area contributed by atoms with Crippen molar-refractivity contribution in [3.8, 4) is 0 Å². The number of alkyl halides is 3. The summed E-state index contributed by atoms with van der Waals surface area (Å²) in [5, 5.41) is 1.97. The molecule has 0 aromatic carbocycles. The van der Waals surface area contributed by atoms with Crippen molar-refractivity contribution in [1.82, 2.24) is 20.3 Å². The molecule has 0 saturated carbocycles. The highest BCUT2D eigenvalue weighted by Crippen LogP contribution is 2.32. The highest BCUT2D eigenvalue weighted by molar-refractivity contribution is 5.95. The molecule has 1 amide bonds. The van der Waals surface area contributed by atoms with Gasteiger partial charge in [0.2, 0.25) is 0 Å². The molecule has 2 aromatic heterocycles. The van der Waals surface area contributed by atoms with E-state index in [4.69, 9.17) is 0 Å². The molecule has 0 fully saturated rings. The maximum absolute atomic E-state index is 13.2. The van der Waals surface area contributed by atoms with Gasteiger partial charge in [-0.2, -0.15) is 13.2 Å². The third-order valence-electron chi connectivity index (χ3n) is 2.96. The predicted molar refractivity (Wildman–Crippen MR) is 72.0 cm³/mol. The van der Waals surface area contributed by atoms with Gasteiger partial charge >= 0.3 is 6.18 Å². The molecule has 2 rings (SSSR count). The molecule has 1 atom stereocenters. The lowest BCUT2D eigenvalue weighted by Crippen LogP contribution is -2.38. The summed E-state index contributed by atoms with van der Waals surface area (Å²) >= 11 is 0. The zero-order valence-electron chi connectivity index (χ0n) is 11.8. The van der Waals surface area contributed by atoms with Gasteiger partial charge in [-0.05, 0) is 19.9 Å². The Morgan fingerprint density at radius 2 is 2.00 bits per heavy atom. The van der Waals surface area contributed by atoms with E-state index in [-0.39, 0.29) is 11.1 Å². The van der Waals surface area contributed by atoms with Crippen LogP contribution in [0.2, 0.25) is 0 Å². The number of amides is 1. The fourth-order valence-corrected chi connectivity index (χ4v) is 1.92. The Morgan fingerprint density at radius 1 is 1.27 bits per heavy atom. The van der Waals surface area contributed by atoms with Crippen molar-refractivity contribution in [2.45, 2.75) is 26.1 Å². The van der Waals surface area contributed by atoms with E-state index in [1.807, 2.05) is 5.32 Å². The summed E-state index contributed by atoms with van der Waals surface area (Å²) in [7, 11) is 0. The van der Waals surface area contributed by atoms with Gasteiger partial charge in [0.05, 0.1) is 11.3 Å². The highest BCUT2D eigenvalue weighted by atomic mass is 19.4. The van der Waals surface area contributed by atoms with Gasteiger partial charge < -0.3 is 5.32 Å². The van der Waals surface area contributed by atoms with Gasteiger partial charge in [-0.3, -0.25) is 9.78 Å². The number of hydrogen-bond acceptors (Lipinski definition) is 4. The van der Waals surface area contributed by atoms with Crippen molar-refractivity contribution in [1.29, 1.82) is 0 Å². The van der Waals surface area contributed by atoms with Crippen molar-refractivity contribution < 1.29 is 18.0 Å². The molecule has 0 saturated heterocycles. The molecule has 0 spiro atoms. The molecule has 0 bridgehead atoms. The van der Waals surface area contributed by atoms with E-state index in [2.05, 4.69) is 15.0 Å². The van der Waals surface area contributed by atoms with Gasteiger partial charge in [0.15, 0.2) is 6.04 Å². The molecule has 8 heteroatoms. The van der Waals surface area contributed by atoms with Crippen LogP contribution in [0.15, 0.2) is 30.7 Å². The average molecular weight is 310 g/mol. The molecule has 1 N–H and O–H groups in total. The van der Waals surface area contributed by atoms with Crippen LogP contribution >= 0.6 is 0 Å². The quantitative estimate of drug-likeness (QED) is 0.946. The Labute approximate surface area is 124 Å². The van der Waals surface area contributed by atoms with E-state index in [0.29, 0.717) is 11.5 Å². The average Bonchev–Trinajstić information content (AvgIpc) is 2.44. The maximum atomic E-state index is 13.2. The minimum Gasteiger partial charge on any atom is -0.337 e. The number of nitrogens with one attached hydrogen (secondary N) is 1. The van der Waals surface area contributed by atoms with E-state index in [9.17, 15) is 18.0 Å². The van der Waals surface area contributed by atoms with Crippen molar-refractivity contribution in [2.24, 2.45) is 0 Å². The SMILES string of the molecule is Cc1ncc(C(=O)NC(c2cccnc2)C(F)(F)F)c(C)n1. The Morgan fingerprint density at radius 3 is 2.55 bits per heavy atom. The number of halogens is 3. The first-order valence-electron chi connectivity index (χ1n) is 6.37. The molecule has 116 valence electrons. The molecule has 1 unspecified atom stereocenters. The number of hydrogen-bond donors (Lipinski definition) is 1. The molecular formula is C14H13F3N4O. The summed E-state index contributed by atoms with van der Waals surface area (Å²) in [6, 6.07) is 0.485. The summed E-state index contributed by atoms with van der Waals surface area (Å²) < 4.78 is 39.5. The van der Waals surface area contributed by atoms with Crippen molar-refractivity contribution in [3.05, 3.63) is 53.4 Å². The summed E-state index contributed by atoms with van der Waals surface area (Å²) in [5.41, 5.74) is 0.176. The van der Waals surface area contributed by atoms with Gasteiger partial charge in [-0.1, -0.05) is 6.07 Å². The number of pyridine rings is 1. The summed E-state index contributed by atoms with van der Waals surface area (Å²) in [6.45, 7) is 3.17. The molecule has 0 radical (unpaired) electrons. The number of carbonyl (C=O) groups is 1. The first-order chi connectivity index (χ1) is 10.3. The van der Waals surface area contributed by atoms with Crippen LogP contribution in [0.3, 0.4) is 0 Å². The zero-order chi connectivity index (χ0) is 16.3. The Hall–Kier alpha value is -2.51. The lowest BCUT2D eigenvalue weighted by Gasteiger charge is -2.22. The standard InChI is InChI=1S/C14H13F3N4O/c1-8-11(7-19-9(2)20-8)13(22)21-12(14(15,16)17)10-4-3-5-18-6-10/h3-7,12H,1-2H3,(H,21,22). The Balaban J connectivity index is 2.30. The first-order valence-corrected chi connectivity index (χ1v) is 6.37. The van der Waals surface area contributed by atoms with Crippen LogP contribution < -0.4 is 5.32 Å². The Kier molecular flexibility index (Phi) is 4.39. The molecule has 2 aromatic rings. The second-order valence-corrected chi connectivity index (χ2v) is 4.65. The minimum atomic E-state index is -4.64. The lowest BCUT2D eigenvalue weighted by atomic mass is 10.1. The summed E-state index contributed by atoms with van der Waals surface area (Å²) in [4.78, 5) is 23.6. The molecular weight excluding hydrogens is 297 g/mol. The topological polar surface area (TPSA) is 67.8 Å². The van der Waals surface area contributed by atoms with Gasteiger partial charge in [-0.25, -0.2) is 9.97 Å². The van der Waals surface area contributed by atoms with Crippen LogP contribution in [0.5, 0.6) is 0 Å². The maximum Gasteiger partial charge on any atom is 0.412 e.